The second kappa shape index (κ2) is 4.74. The van der Waals surface area contributed by atoms with Crippen LogP contribution < -0.4 is 5.73 Å². The molecule has 1 aliphatic heterocycles. The van der Waals surface area contributed by atoms with Crippen LogP contribution in [0.1, 0.15) is 31.9 Å². The third-order valence-corrected chi connectivity index (χ3v) is 3.82. The molecule has 0 radical (unpaired) electrons. The number of hydrogen-bond acceptors (Lipinski definition) is 4. The molecule has 1 fully saturated rings. The highest BCUT2D eigenvalue weighted by Gasteiger charge is 2.32. The summed E-state index contributed by atoms with van der Waals surface area (Å²) in [5.74, 6) is 2.08. The van der Waals surface area contributed by atoms with E-state index in [0.29, 0.717) is 0 Å². The van der Waals surface area contributed by atoms with Crippen molar-refractivity contribution >= 4 is 0 Å². The summed E-state index contributed by atoms with van der Waals surface area (Å²) in [7, 11) is 0. The lowest BCUT2D eigenvalue weighted by Crippen LogP contribution is -2.31. The number of likely N-dealkylation sites (tertiary alicyclic amines) is 1. The van der Waals surface area contributed by atoms with Gasteiger partial charge in [-0.05, 0) is 38.8 Å². The zero-order valence-electron chi connectivity index (χ0n) is 11.1. The molecular formula is C12H23N5. The predicted octanol–water partition coefficient (Wildman–Crippen LogP) is 0.777. The van der Waals surface area contributed by atoms with Crippen molar-refractivity contribution in [2.45, 2.75) is 40.3 Å². The van der Waals surface area contributed by atoms with Gasteiger partial charge in [0.2, 0.25) is 0 Å². The van der Waals surface area contributed by atoms with E-state index in [-0.39, 0.29) is 5.41 Å². The summed E-state index contributed by atoms with van der Waals surface area (Å²) >= 11 is 0. The van der Waals surface area contributed by atoms with E-state index < -0.39 is 0 Å². The molecule has 2 N–H and O–H groups in total. The quantitative estimate of drug-likeness (QED) is 0.840. The van der Waals surface area contributed by atoms with Crippen LogP contribution in [0.3, 0.4) is 0 Å². The fourth-order valence-electron chi connectivity index (χ4n) is 2.58. The highest BCUT2D eigenvalue weighted by molar-refractivity contribution is 4.96. The topological polar surface area (TPSA) is 60.0 Å². The minimum absolute atomic E-state index is 0.284. The lowest BCUT2D eigenvalue weighted by atomic mass is 9.90. The minimum Gasteiger partial charge on any atom is -0.330 e. The van der Waals surface area contributed by atoms with E-state index in [4.69, 9.17) is 5.73 Å². The Hall–Kier alpha value is -0.940. The zero-order chi connectivity index (χ0) is 12.5. The molecule has 5 nitrogen and oxygen atoms in total. The molecule has 1 atom stereocenters. The Balaban J connectivity index is 2.03. The molecule has 1 aliphatic rings. The van der Waals surface area contributed by atoms with E-state index in [1.807, 2.05) is 6.92 Å². The van der Waals surface area contributed by atoms with Gasteiger partial charge in [0.05, 0.1) is 6.54 Å². The van der Waals surface area contributed by atoms with Crippen LogP contribution in [0.15, 0.2) is 0 Å². The summed E-state index contributed by atoms with van der Waals surface area (Å²) < 4.78 is 2.18. The Morgan fingerprint density at radius 3 is 2.76 bits per heavy atom. The Kier molecular flexibility index (Phi) is 3.49. The molecule has 0 saturated carbocycles. The van der Waals surface area contributed by atoms with Crippen molar-refractivity contribution in [1.29, 1.82) is 0 Å². The standard InChI is InChI=1S/C12H23N5/c1-4-17-10(2)14-15-11(17)7-16-6-5-12(3,8-13)9-16/h4-9,13H2,1-3H3. The highest BCUT2D eigenvalue weighted by Crippen LogP contribution is 2.29. The Morgan fingerprint density at radius 2 is 2.18 bits per heavy atom. The van der Waals surface area contributed by atoms with Crippen molar-refractivity contribution in [3.63, 3.8) is 0 Å². The van der Waals surface area contributed by atoms with Crippen LogP contribution in [-0.2, 0) is 13.1 Å². The molecule has 1 saturated heterocycles. The van der Waals surface area contributed by atoms with Crippen LogP contribution in [0.5, 0.6) is 0 Å². The number of rotatable bonds is 4. The second-order valence-electron chi connectivity index (χ2n) is 5.38. The molecule has 2 heterocycles. The average Bonchev–Trinajstić information content (AvgIpc) is 2.85. The normalized spacial score (nSPS) is 25.6. The Labute approximate surface area is 103 Å². The molecule has 2 rings (SSSR count). The zero-order valence-corrected chi connectivity index (χ0v) is 11.1. The van der Waals surface area contributed by atoms with E-state index in [2.05, 4.69) is 33.5 Å². The number of nitrogens with zero attached hydrogens (tertiary/aromatic N) is 4. The first-order valence-electron chi connectivity index (χ1n) is 6.39. The van der Waals surface area contributed by atoms with Crippen molar-refractivity contribution < 1.29 is 0 Å². The average molecular weight is 237 g/mol. The van der Waals surface area contributed by atoms with Gasteiger partial charge in [-0.2, -0.15) is 0 Å². The van der Waals surface area contributed by atoms with Crippen LogP contribution in [-0.4, -0.2) is 39.3 Å². The number of hydrogen-bond donors (Lipinski definition) is 1. The summed E-state index contributed by atoms with van der Waals surface area (Å²) in [4.78, 5) is 2.43. The summed E-state index contributed by atoms with van der Waals surface area (Å²) in [6.45, 7) is 11.2. The Bertz CT molecular complexity index is 386. The number of aromatic nitrogens is 3. The molecule has 0 amide bonds. The smallest absolute Gasteiger partial charge is 0.147 e. The summed E-state index contributed by atoms with van der Waals surface area (Å²) in [6, 6.07) is 0. The lowest BCUT2D eigenvalue weighted by Gasteiger charge is -2.22. The fraction of sp³-hybridized carbons (Fsp3) is 0.833. The van der Waals surface area contributed by atoms with Gasteiger partial charge in [0.1, 0.15) is 11.6 Å². The first kappa shape index (κ1) is 12.5. The van der Waals surface area contributed by atoms with Gasteiger partial charge in [0, 0.05) is 13.1 Å². The molecule has 17 heavy (non-hydrogen) atoms. The van der Waals surface area contributed by atoms with Crippen molar-refractivity contribution in [3.05, 3.63) is 11.6 Å². The first-order valence-corrected chi connectivity index (χ1v) is 6.39. The third kappa shape index (κ3) is 2.50. The van der Waals surface area contributed by atoms with Gasteiger partial charge in [-0.1, -0.05) is 6.92 Å². The van der Waals surface area contributed by atoms with Crippen molar-refractivity contribution in [1.82, 2.24) is 19.7 Å². The van der Waals surface area contributed by atoms with Gasteiger partial charge >= 0.3 is 0 Å². The Morgan fingerprint density at radius 1 is 1.41 bits per heavy atom. The van der Waals surface area contributed by atoms with Crippen molar-refractivity contribution in [2.24, 2.45) is 11.1 Å². The summed E-state index contributed by atoms with van der Waals surface area (Å²) in [5.41, 5.74) is 6.11. The van der Waals surface area contributed by atoms with Crippen LogP contribution >= 0.6 is 0 Å². The summed E-state index contributed by atoms with van der Waals surface area (Å²) in [6.07, 6.45) is 1.18. The monoisotopic (exact) mass is 237 g/mol. The fourth-order valence-corrected chi connectivity index (χ4v) is 2.58. The third-order valence-electron chi connectivity index (χ3n) is 3.82. The minimum atomic E-state index is 0.284. The highest BCUT2D eigenvalue weighted by atomic mass is 15.3. The van der Waals surface area contributed by atoms with Crippen LogP contribution in [0.4, 0.5) is 0 Å². The van der Waals surface area contributed by atoms with E-state index in [1.54, 1.807) is 0 Å². The summed E-state index contributed by atoms with van der Waals surface area (Å²) in [5, 5.41) is 8.41. The van der Waals surface area contributed by atoms with Gasteiger partial charge < -0.3 is 10.3 Å². The van der Waals surface area contributed by atoms with Gasteiger partial charge in [0.25, 0.3) is 0 Å². The van der Waals surface area contributed by atoms with Gasteiger partial charge in [-0.15, -0.1) is 10.2 Å². The van der Waals surface area contributed by atoms with Gasteiger partial charge in [-0.25, -0.2) is 0 Å². The predicted molar refractivity (Wildman–Crippen MR) is 67.5 cm³/mol. The van der Waals surface area contributed by atoms with E-state index in [9.17, 15) is 0 Å². The van der Waals surface area contributed by atoms with Crippen LogP contribution in [0.2, 0.25) is 0 Å². The SMILES string of the molecule is CCn1c(C)nnc1CN1CCC(C)(CN)C1. The number of nitrogens with two attached hydrogens (primary N) is 1. The molecule has 5 heteroatoms. The van der Waals surface area contributed by atoms with Crippen LogP contribution in [0, 0.1) is 12.3 Å². The van der Waals surface area contributed by atoms with Crippen LogP contribution in [0.25, 0.3) is 0 Å². The first-order chi connectivity index (χ1) is 8.08. The van der Waals surface area contributed by atoms with E-state index in [1.165, 1.54) is 6.42 Å². The second-order valence-corrected chi connectivity index (χ2v) is 5.38. The molecule has 0 spiro atoms. The maximum atomic E-state index is 5.82. The molecule has 0 aliphatic carbocycles. The molecule has 1 unspecified atom stereocenters. The largest absolute Gasteiger partial charge is 0.330 e. The lowest BCUT2D eigenvalue weighted by molar-refractivity contribution is 0.266. The van der Waals surface area contributed by atoms with Gasteiger partial charge in [0.15, 0.2) is 0 Å². The molecular weight excluding hydrogens is 214 g/mol. The van der Waals surface area contributed by atoms with Gasteiger partial charge in [-0.3, -0.25) is 4.90 Å². The molecule has 1 aromatic rings. The van der Waals surface area contributed by atoms with Crippen molar-refractivity contribution in [2.75, 3.05) is 19.6 Å². The maximum absolute atomic E-state index is 5.82. The molecule has 96 valence electrons. The molecule has 1 aromatic heterocycles. The molecule has 0 bridgehead atoms. The van der Waals surface area contributed by atoms with E-state index >= 15 is 0 Å². The van der Waals surface area contributed by atoms with Crippen molar-refractivity contribution in [3.8, 4) is 0 Å². The number of aryl methyl sites for hydroxylation is 1. The maximum Gasteiger partial charge on any atom is 0.147 e. The van der Waals surface area contributed by atoms with E-state index in [0.717, 1.165) is 44.4 Å². The molecule has 0 aromatic carbocycles.